The van der Waals surface area contributed by atoms with Gasteiger partial charge in [0, 0.05) is 27.9 Å². The summed E-state index contributed by atoms with van der Waals surface area (Å²) in [5.74, 6) is 0.900. The maximum Gasteiger partial charge on any atom is 0.129 e. The van der Waals surface area contributed by atoms with Gasteiger partial charge in [-0.1, -0.05) is 28.9 Å². The quantitative estimate of drug-likeness (QED) is 0.835. The van der Waals surface area contributed by atoms with Gasteiger partial charge in [-0.15, -0.1) is 0 Å². The molecular weight excluding hydrogens is 301 g/mol. The summed E-state index contributed by atoms with van der Waals surface area (Å²) < 4.78 is 14.5. The minimum atomic E-state index is -0.154. The molecule has 1 nitrogen and oxygen atoms in total. The average molecular weight is 320 g/mol. The van der Waals surface area contributed by atoms with Gasteiger partial charge in [0.15, 0.2) is 0 Å². The summed E-state index contributed by atoms with van der Waals surface area (Å²) in [6.45, 7) is 4.16. The Bertz CT molecular complexity index is 359. The van der Waals surface area contributed by atoms with Crippen LogP contribution in [0.5, 0.6) is 0 Å². The second kappa shape index (κ2) is 7.39. The van der Waals surface area contributed by atoms with Crippen molar-refractivity contribution in [2.45, 2.75) is 32.4 Å². The zero-order valence-corrected chi connectivity index (χ0v) is 12.9. The summed E-state index contributed by atoms with van der Waals surface area (Å²) in [5.41, 5.74) is 0.729. The summed E-state index contributed by atoms with van der Waals surface area (Å²) in [6.07, 6.45) is 3.15. The fourth-order valence-electron chi connectivity index (χ4n) is 1.78. The molecule has 17 heavy (non-hydrogen) atoms. The number of hydrogen-bond acceptors (Lipinski definition) is 2. The fourth-order valence-corrected chi connectivity index (χ4v) is 2.85. The highest BCUT2D eigenvalue weighted by Crippen LogP contribution is 2.21. The molecule has 0 saturated heterocycles. The number of thioether (sulfide) groups is 1. The van der Waals surface area contributed by atoms with Crippen LogP contribution in [-0.4, -0.2) is 18.1 Å². The number of halogens is 2. The molecule has 0 amide bonds. The molecule has 1 N–H and O–H groups in total. The molecule has 0 aromatic heterocycles. The van der Waals surface area contributed by atoms with Crippen LogP contribution in [0.15, 0.2) is 22.7 Å². The molecule has 0 spiro atoms. The van der Waals surface area contributed by atoms with Gasteiger partial charge >= 0.3 is 0 Å². The van der Waals surface area contributed by atoms with Crippen molar-refractivity contribution in [3.63, 3.8) is 0 Å². The number of rotatable bonds is 6. The lowest BCUT2D eigenvalue weighted by molar-refractivity contribution is 0.458. The van der Waals surface area contributed by atoms with Crippen LogP contribution in [0.25, 0.3) is 0 Å². The average Bonchev–Trinajstić information content (AvgIpc) is 2.28. The van der Waals surface area contributed by atoms with E-state index in [9.17, 15) is 4.39 Å². The summed E-state index contributed by atoms with van der Waals surface area (Å²) in [6, 6.07) is 5.71. The highest BCUT2D eigenvalue weighted by molar-refractivity contribution is 9.10. The van der Waals surface area contributed by atoms with Gasteiger partial charge in [0.25, 0.3) is 0 Å². The van der Waals surface area contributed by atoms with E-state index in [1.807, 2.05) is 30.8 Å². The molecule has 0 fully saturated rings. The SMILES string of the molecule is CCC(CSC)NC(C)c1ccc(Br)cc1F. The highest BCUT2D eigenvalue weighted by atomic mass is 79.9. The molecular formula is C13H19BrFNS. The molecule has 1 rings (SSSR count). The van der Waals surface area contributed by atoms with Crippen molar-refractivity contribution >= 4 is 27.7 Å². The second-order valence-electron chi connectivity index (χ2n) is 4.11. The lowest BCUT2D eigenvalue weighted by atomic mass is 10.1. The third kappa shape index (κ3) is 4.60. The smallest absolute Gasteiger partial charge is 0.129 e. The summed E-state index contributed by atoms with van der Waals surface area (Å²) >= 11 is 5.09. The normalized spacial score (nSPS) is 14.6. The topological polar surface area (TPSA) is 12.0 Å². The van der Waals surface area contributed by atoms with Crippen LogP contribution in [0, 0.1) is 5.82 Å². The van der Waals surface area contributed by atoms with Gasteiger partial charge in [0.05, 0.1) is 0 Å². The van der Waals surface area contributed by atoms with E-state index in [-0.39, 0.29) is 11.9 Å². The van der Waals surface area contributed by atoms with E-state index in [4.69, 9.17) is 0 Å². The minimum Gasteiger partial charge on any atom is -0.307 e. The third-order valence-corrected chi connectivity index (χ3v) is 4.00. The van der Waals surface area contributed by atoms with E-state index in [0.29, 0.717) is 6.04 Å². The monoisotopic (exact) mass is 319 g/mol. The molecule has 0 radical (unpaired) electrons. The summed E-state index contributed by atoms with van der Waals surface area (Å²) in [5, 5.41) is 3.47. The number of benzene rings is 1. The van der Waals surface area contributed by atoms with Crippen LogP contribution in [0.3, 0.4) is 0 Å². The van der Waals surface area contributed by atoms with E-state index >= 15 is 0 Å². The van der Waals surface area contributed by atoms with Crippen LogP contribution >= 0.6 is 27.7 Å². The molecule has 0 aliphatic rings. The third-order valence-electron chi connectivity index (χ3n) is 2.78. The van der Waals surface area contributed by atoms with Crippen LogP contribution in [0.2, 0.25) is 0 Å². The Kier molecular flexibility index (Phi) is 6.52. The first-order valence-corrected chi connectivity index (χ1v) is 7.97. The van der Waals surface area contributed by atoms with E-state index in [2.05, 4.69) is 34.4 Å². The molecule has 0 aliphatic heterocycles. The van der Waals surface area contributed by atoms with Crippen molar-refractivity contribution in [2.75, 3.05) is 12.0 Å². The fraction of sp³-hybridized carbons (Fsp3) is 0.538. The molecule has 0 bridgehead atoms. The Morgan fingerprint density at radius 2 is 2.18 bits per heavy atom. The molecule has 1 aromatic carbocycles. The first-order valence-electron chi connectivity index (χ1n) is 5.78. The van der Waals surface area contributed by atoms with Crippen molar-refractivity contribution in [3.05, 3.63) is 34.1 Å². The highest BCUT2D eigenvalue weighted by Gasteiger charge is 2.14. The molecule has 96 valence electrons. The van der Waals surface area contributed by atoms with Crippen LogP contribution < -0.4 is 5.32 Å². The van der Waals surface area contributed by atoms with E-state index < -0.39 is 0 Å². The predicted octanol–water partition coefficient (Wildman–Crippen LogP) is 4.38. The van der Waals surface area contributed by atoms with Crippen molar-refractivity contribution in [1.82, 2.24) is 5.32 Å². The van der Waals surface area contributed by atoms with E-state index in [1.165, 1.54) is 6.07 Å². The van der Waals surface area contributed by atoms with Crippen molar-refractivity contribution in [1.29, 1.82) is 0 Å². The Labute approximate surface area is 116 Å². The lowest BCUT2D eigenvalue weighted by Crippen LogP contribution is -2.33. The predicted molar refractivity (Wildman–Crippen MR) is 78.1 cm³/mol. The maximum absolute atomic E-state index is 13.8. The largest absolute Gasteiger partial charge is 0.307 e. The molecule has 4 heteroatoms. The van der Waals surface area contributed by atoms with Gasteiger partial charge in [0.2, 0.25) is 0 Å². The van der Waals surface area contributed by atoms with Crippen LogP contribution in [0.1, 0.15) is 31.9 Å². The minimum absolute atomic E-state index is 0.0419. The van der Waals surface area contributed by atoms with Crippen molar-refractivity contribution < 1.29 is 4.39 Å². The Hall–Kier alpha value is -0.0600. The van der Waals surface area contributed by atoms with E-state index in [1.54, 1.807) is 0 Å². The van der Waals surface area contributed by atoms with E-state index in [0.717, 1.165) is 22.2 Å². The zero-order chi connectivity index (χ0) is 12.8. The van der Waals surface area contributed by atoms with Gasteiger partial charge in [0.1, 0.15) is 5.82 Å². The number of hydrogen-bond donors (Lipinski definition) is 1. The zero-order valence-electron chi connectivity index (χ0n) is 10.5. The Balaban J connectivity index is 2.71. The van der Waals surface area contributed by atoms with Crippen molar-refractivity contribution in [3.8, 4) is 0 Å². The first kappa shape index (κ1) is 15.0. The lowest BCUT2D eigenvalue weighted by Gasteiger charge is -2.22. The van der Waals surface area contributed by atoms with Gasteiger partial charge in [-0.2, -0.15) is 11.8 Å². The van der Waals surface area contributed by atoms with Gasteiger partial charge in [-0.3, -0.25) is 0 Å². The molecule has 2 atom stereocenters. The van der Waals surface area contributed by atoms with Gasteiger partial charge < -0.3 is 5.32 Å². The van der Waals surface area contributed by atoms with Crippen molar-refractivity contribution in [2.24, 2.45) is 0 Å². The molecule has 0 aliphatic carbocycles. The first-order chi connectivity index (χ1) is 8.08. The molecule has 0 saturated carbocycles. The maximum atomic E-state index is 13.8. The Morgan fingerprint density at radius 1 is 1.47 bits per heavy atom. The van der Waals surface area contributed by atoms with Crippen LogP contribution in [-0.2, 0) is 0 Å². The number of nitrogens with one attached hydrogen (secondary N) is 1. The van der Waals surface area contributed by atoms with Gasteiger partial charge in [-0.05, 0) is 31.7 Å². The van der Waals surface area contributed by atoms with Crippen LogP contribution in [0.4, 0.5) is 4.39 Å². The molecule has 0 heterocycles. The second-order valence-corrected chi connectivity index (χ2v) is 5.94. The van der Waals surface area contributed by atoms with Gasteiger partial charge in [-0.25, -0.2) is 4.39 Å². The molecule has 2 unspecified atom stereocenters. The Morgan fingerprint density at radius 3 is 2.71 bits per heavy atom. The summed E-state index contributed by atoms with van der Waals surface area (Å²) in [7, 11) is 0. The summed E-state index contributed by atoms with van der Waals surface area (Å²) in [4.78, 5) is 0. The standard InChI is InChI=1S/C13H19BrFNS/c1-4-11(8-17-3)16-9(2)12-6-5-10(14)7-13(12)15/h5-7,9,11,16H,4,8H2,1-3H3. The molecule has 1 aromatic rings.